The fourth-order valence-corrected chi connectivity index (χ4v) is 1.37. The second kappa shape index (κ2) is 4.09. The largest absolute Gasteiger partial charge is 0.476 e. The molecule has 1 N–H and O–H groups in total. The first-order valence-electron chi connectivity index (χ1n) is 4.63. The lowest BCUT2D eigenvalue weighted by Crippen LogP contribution is -2.08. The number of aromatic carboxylic acids is 1. The van der Waals surface area contributed by atoms with Crippen LogP contribution in [0, 0.1) is 0 Å². The van der Waals surface area contributed by atoms with Crippen molar-refractivity contribution in [1.29, 1.82) is 0 Å². The van der Waals surface area contributed by atoms with Crippen LogP contribution in [0.5, 0.6) is 0 Å². The van der Waals surface area contributed by atoms with Crippen molar-refractivity contribution >= 4 is 5.97 Å². The molecule has 0 bridgehead atoms. The standard InChI is InChI=1S/C8H9N5O3/c1-2-5-7(8(14)15)11-12-13(5)3-6-9-4-10-16-6/h4H,2-3H2,1H3,(H,14,15). The number of carbonyl (C=O) groups is 1. The normalized spacial score (nSPS) is 10.6. The van der Waals surface area contributed by atoms with Gasteiger partial charge in [-0.05, 0) is 6.42 Å². The van der Waals surface area contributed by atoms with Gasteiger partial charge >= 0.3 is 5.97 Å². The highest BCUT2D eigenvalue weighted by atomic mass is 16.5. The van der Waals surface area contributed by atoms with Crippen molar-refractivity contribution in [3.63, 3.8) is 0 Å². The van der Waals surface area contributed by atoms with Crippen LogP contribution in [-0.2, 0) is 13.0 Å². The Kier molecular flexibility index (Phi) is 2.63. The zero-order valence-electron chi connectivity index (χ0n) is 8.49. The molecule has 0 aliphatic rings. The average Bonchev–Trinajstić information content (AvgIpc) is 2.87. The number of nitrogens with zero attached hydrogens (tertiary/aromatic N) is 5. The summed E-state index contributed by atoms with van der Waals surface area (Å²) in [7, 11) is 0. The molecule has 2 aromatic rings. The maximum atomic E-state index is 10.8. The van der Waals surface area contributed by atoms with Crippen LogP contribution in [0.3, 0.4) is 0 Å². The Labute approximate surface area is 89.9 Å². The summed E-state index contributed by atoms with van der Waals surface area (Å²) in [5, 5.41) is 19.7. The number of carboxylic acid groups (broad SMARTS) is 1. The molecule has 0 aliphatic heterocycles. The lowest BCUT2D eigenvalue weighted by Gasteiger charge is -2.00. The molecule has 8 nitrogen and oxygen atoms in total. The maximum absolute atomic E-state index is 10.8. The van der Waals surface area contributed by atoms with Gasteiger partial charge in [0.1, 0.15) is 6.54 Å². The monoisotopic (exact) mass is 223 g/mol. The molecule has 0 atom stereocenters. The van der Waals surface area contributed by atoms with Crippen molar-refractivity contribution < 1.29 is 14.4 Å². The fraction of sp³-hybridized carbons (Fsp3) is 0.375. The number of rotatable bonds is 4. The Bertz CT molecular complexity index is 490. The predicted molar refractivity (Wildman–Crippen MR) is 49.8 cm³/mol. The molecular weight excluding hydrogens is 214 g/mol. The summed E-state index contributed by atoms with van der Waals surface area (Å²) in [6, 6.07) is 0. The Hall–Kier alpha value is -2.25. The fourth-order valence-electron chi connectivity index (χ4n) is 1.37. The van der Waals surface area contributed by atoms with Gasteiger partial charge in [-0.3, -0.25) is 0 Å². The smallest absolute Gasteiger partial charge is 0.358 e. The topological polar surface area (TPSA) is 107 Å². The van der Waals surface area contributed by atoms with Crippen molar-refractivity contribution in [2.24, 2.45) is 0 Å². The van der Waals surface area contributed by atoms with Crippen LogP contribution in [0.2, 0.25) is 0 Å². The molecule has 0 saturated carbocycles. The minimum absolute atomic E-state index is 0.0398. The summed E-state index contributed by atoms with van der Waals surface area (Å²) in [6.45, 7) is 2.05. The molecule has 2 rings (SSSR count). The van der Waals surface area contributed by atoms with Gasteiger partial charge < -0.3 is 9.63 Å². The zero-order valence-corrected chi connectivity index (χ0v) is 8.49. The summed E-state index contributed by atoms with van der Waals surface area (Å²) in [4.78, 5) is 14.7. The van der Waals surface area contributed by atoms with E-state index < -0.39 is 5.97 Å². The van der Waals surface area contributed by atoms with E-state index in [-0.39, 0.29) is 12.2 Å². The van der Waals surface area contributed by atoms with Crippen molar-refractivity contribution in [3.05, 3.63) is 23.6 Å². The predicted octanol–water partition coefficient (Wildman–Crippen LogP) is -0.0300. The number of aromatic nitrogens is 5. The Morgan fingerprint density at radius 2 is 2.44 bits per heavy atom. The second-order valence-electron chi connectivity index (χ2n) is 3.04. The van der Waals surface area contributed by atoms with Crippen LogP contribution in [0.4, 0.5) is 0 Å². The Balaban J connectivity index is 2.31. The first-order valence-corrected chi connectivity index (χ1v) is 4.63. The van der Waals surface area contributed by atoms with Crippen LogP contribution in [0.1, 0.15) is 29.0 Å². The molecule has 0 unspecified atom stereocenters. The summed E-state index contributed by atoms with van der Waals surface area (Å²) in [6.07, 6.45) is 1.79. The average molecular weight is 223 g/mol. The van der Waals surface area contributed by atoms with Gasteiger partial charge in [0, 0.05) is 0 Å². The lowest BCUT2D eigenvalue weighted by atomic mass is 10.2. The van der Waals surface area contributed by atoms with Gasteiger partial charge in [-0.15, -0.1) is 5.10 Å². The van der Waals surface area contributed by atoms with Gasteiger partial charge in [-0.2, -0.15) is 4.98 Å². The van der Waals surface area contributed by atoms with Gasteiger partial charge in [0.25, 0.3) is 0 Å². The molecule has 0 saturated heterocycles. The molecule has 0 amide bonds. The molecular formula is C8H9N5O3. The van der Waals surface area contributed by atoms with E-state index in [0.29, 0.717) is 18.0 Å². The second-order valence-corrected chi connectivity index (χ2v) is 3.04. The van der Waals surface area contributed by atoms with E-state index in [1.165, 1.54) is 11.0 Å². The lowest BCUT2D eigenvalue weighted by molar-refractivity contribution is 0.0689. The van der Waals surface area contributed by atoms with Gasteiger partial charge in [-0.25, -0.2) is 9.48 Å². The van der Waals surface area contributed by atoms with Gasteiger partial charge in [0.2, 0.25) is 5.89 Å². The molecule has 0 spiro atoms. The van der Waals surface area contributed by atoms with Gasteiger partial charge in [-0.1, -0.05) is 17.3 Å². The minimum Gasteiger partial charge on any atom is -0.476 e. The number of carboxylic acids is 1. The third-order valence-electron chi connectivity index (χ3n) is 2.07. The summed E-state index contributed by atoms with van der Waals surface area (Å²) in [5.74, 6) is -0.731. The number of hydrogen-bond donors (Lipinski definition) is 1. The van der Waals surface area contributed by atoms with E-state index in [1.807, 2.05) is 6.92 Å². The molecule has 0 aliphatic carbocycles. The first kappa shape index (κ1) is 10.3. The van der Waals surface area contributed by atoms with Crippen LogP contribution in [0.25, 0.3) is 0 Å². The molecule has 0 aromatic carbocycles. The van der Waals surface area contributed by atoms with E-state index in [0.717, 1.165) is 0 Å². The number of hydrogen-bond acceptors (Lipinski definition) is 6. The van der Waals surface area contributed by atoms with Crippen LogP contribution < -0.4 is 0 Å². The van der Waals surface area contributed by atoms with Gasteiger partial charge in [0.15, 0.2) is 12.0 Å². The van der Waals surface area contributed by atoms with Crippen molar-refractivity contribution in [2.45, 2.75) is 19.9 Å². The minimum atomic E-state index is -1.09. The molecule has 8 heteroatoms. The molecule has 2 heterocycles. The summed E-state index contributed by atoms with van der Waals surface area (Å²) >= 11 is 0. The molecule has 0 fully saturated rings. The molecule has 84 valence electrons. The van der Waals surface area contributed by atoms with E-state index in [2.05, 4.69) is 20.5 Å². The van der Waals surface area contributed by atoms with Crippen LogP contribution >= 0.6 is 0 Å². The van der Waals surface area contributed by atoms with Crippen LogP contribution in [-0.4, -0.2) is 36.2 Å². The highest BCUT2D eigenvalue weighted by molar-refractivity contribution is 5.86. The summed E-state index contributed by atoms with van der Waals surface area (Å²) in [5.41, 5.74) is 0.493. The maximum Gasteiger partial charge on any atom is 0.358 e. The molecule has 0 radical (unpaired) electrons. The van der Waals surface area contributed by atoms with Crippen molar-refractivity contribution in [2.75, 3.05) is 0 Å². The highest BCUT2D eigenvalue weighted by Crippen LogP contribution is 2.08. The van der Waals surface area contributed by atoms with Crippen molar-refractivity contribution in [3.8, 4) is 0 Å². The quantitative estimate of drug-likeness (QED) is 0.775. The highest BCUT2D eigenvalue weighted by Gasteiger charge is 2.18. The Morgan fingerprint density at radius 1 is 1.62 bits per heavy atom. The summed E-state index contributed by atoms with van der Waals surface area (Å²) < 4.78 is 6.25. The van der Waals surface area contributed by atoms with E-state index in [1.54, 1.807) is 0 Å². The Morgan fingerprint density at radius 3 is 3.00 bits per heavy atom. The molecule has 2 aromatic heterocycles. The first-order chi connectivity index (χ1) is 7.72. The SMILES string of the molecule is CCc1c(C(=O)O)nnn1Cc1ncno1. The van der Waals surface area contributed by atoms with Gasteiger partial charge in [0.05, 0.1) is 5.69 Å². The third-order valence-corrected chi connectivity index (χ3v) is 2.07. The van der Waals surface area contributed by atoms with Crippen molar-refractivity contribution in [1.82, 2.24) is 25.1 Å². The zero-order chi connectivity index (χ0) is 11.5. The van der Waals surface area contributed by atoms with E-state index >= 15 is 0 Å². The van der Waals surface area contributed by atoms with E-state index in [9.17, 15) is 4.79 Å². The van der Waals surface area contributed by atoms with E-state index in [4.69, 9.17) is 9.63 Å². The third kappa shape index (κ3) is 1.76. The van der Waals surface area contributed by atoms with Crippen LogP contribution in [0.15, 0.2) is 10.9 Å². The molecule has 16 heavy (non-hydrogen) atoms.